The number of amides is 1. The van der Waals surface area contributed by atoms with Crippen LogP contribution >= 0.6 is 15.9 Å². The Bertz CT molecular complexity index is 784. The van der Waals surface area contributed by atoms with Gasteiger partial charge in [0.1, 0.15) is 6.04 Å². The monoisotopic (exact) mass is 435 g/mol. The van der Waals surface area contributed by atoms with Gasteiger partial charge in [0, 0.05) is 15.7 Å². The van der Waals surface area contributed by atoms with Gasteiger partial charge in [-0.2, -0.15) is 5.10 Å². The lowest BCUT2D eigenvalue weighted by molar-refractivity contribution is -0.121. The standard InChI is InChI=1S/C19H22BrN3O4/c1-12(22-15-7-5-14(20)6-8-15)19(24)23-21-11-13-9-16(25-2)18(27-4)17(10-13)26-3/h5-12,22H,1-4H3,(H,23,24)/b21-11-/t12-/m0/s1. The van der Waals surface area contributed by atoms with Crippen LogP contribution in [0, 0.1) is 0 Å². The molecule has 2 aromatic rings. The number of hydrazone groups is 1. The Morgan fingerprint density at radius 2 is 1.67 bits per heavy atom. The number of nitrogens with zero attached hydrogens (tertiary/aromatic N) is 1. The SMILES string of the molecule is COc1cc(/C=N\NC(=O)[C@H](C)Nc2ccc(Br)cc2)cc(OC)c1OC. The van der Waals surface area contributed by atoms with Gasteiger partial charge in [-0.1, -0.05) is 15.9 Å². The molecular formula is C19H22BrN3O4. The van der Waals surface area contributed by atoms with E-state index in [0.717, 1.165) is 10.2 Å². The maximum absolute atomic E-state index is 12.2. The number of ether oxygens (including phenoxy) is 3. The molecule has 1 amide bonds. The molecule has 0 unspecified atom stereocenters. The molecule has 2 N–H and O–H groups in total. The number of rotatable bonds is 8. The molecule has 0 aliphatic carbocycles. The van der Waals surface area contributed by atoms with Crippen molar-refractivity contribution in [2.75, 3.05) is 26.6 Å². The van der Waals surface area contributed by atoms with E-state index in [4.69, 9.17) is 14.2 Å². The average molecular weight is 436 g/mol. The molecule has 1 atom stereocenters. The zero-order valence-corrected chi connectivity index (χ0v) is 17.2. The molecule has 144 valence electrons. The Labute approximate surface area is 166 Å². The van der Waals surface area contributed by atoms with Gasteiger partial charge in [-0.05, 0) is 43.3 Å². The van der Waals surface area contributed by atoms with E-state index >= 15 is 0 Å². The Balaban J connectivity index is 2.01. The van der Waals surface area contributed by atoms with Crippen LogP contribution in [0.1, 0.15) is 12.5 Å². The second-order valence-corrected chi connectivity index (χ2v) is 6.48. The molecule has 0 aromatic heterocycles. The van der Waals surface area contributed by atoms with Crippen molar-refractivity contribution in [3.05, 3.63) is 46.4 Å². The largest absolute Gasteiger partial charge is 0.493 e. The van der Waals surface area contributed by atoms with Gasteiger partial charge >= 0.3 is 0 Å². The van der Waals surface area contributed by atoms with E-state index in [2.05, 4.69) is 31.8 Å². The van der Waals surface area contributed by atoms with Crippen molar-refractivity contribution in [1.82, 2.24) is 5.43 Å². The lowest BCUT2D eigenvalue weighted by atomic mass is 10.2. The Morgan fingerprint density at radius 1 is 1.07 bits per heavy atom. The van der Waals surface area contributed by atoms with Crippen LogP contribution in [0.4, 0.5) is 5.69 Å². The second-order valence-electron chi connectivity index (χ2n) is 5.57. The molecule has 0 bridgehead atoms. The van der Waals surface area contributed by atoms with E-state index in [1.54, 1.807) is 19.1 Å². The van der Waals surface area contributed by atoms with E-state index in [0.29, 0.717) is 22.8 Å². The topological polar surface area (TPSA) is 81.2 Å². The van der Waals surface area contributed by atoms with Crippen LogP contribution in [-0.2, 0) is 4.79 Å². The smallest absolute Gasteiger partial charge is 0.262 e. The summed E-state index contributed by atoms with van der Waals surface area (Å²) in [5, 5.41) is 7.11. The van der Waals surface area contributed by atoms with Crippen LogP contribution in [0.15, 0.2) is 46.0 Å². The van der Waals surface area contributed by atoms with Crippen LogP contribution in [0.3, 0.4) is 0 Å². The van der Waals surface area contributed by atoms with E-state index in [-0.39, 0.29) is 5.91 Å². The van der Waals surface area contributed by atoms with Gasteiger partial charge in [0.15, 0.2) is 11.5 Å². The molecule has 7 nitrogen and oxygen atoms in total. The van der Waals surface area contributed by atoms with Crippen molar-refractivity contribution in [3.63, 3.8) is 0 Å². The van der Waals surface area contributed by atoms with Crippen LogP contribution < -0.4 is 25.0 Å². The summed E-state index contributed by atoms with van der Waals surface area (Å²) >= 11 is 3.37. The van der Waals surface area contributed by atoms with Crippen LogP contribution in [-0.4, -0.2) is 39.5 Å². The predicted octanol–water partition coefficient (Wildman–Crippen LogP) is 3.43. The normalized spacial score (nSPS) is 11.7. The summed E-state index contributed by atoms with van der Waals surface area (Å²) in [6.07, 6.45) is 1.51. The summed E-state index contributed by atoms with van der Waals surface area (Å²) in [4.78, 5) is 12.2. The first kappa shape index (κ1) is 20.6. The zero-order valence-electron chi connectivity index (χ0n) is 15.6. The molecule has 2 rings (SSSR count). The lowest BCUT2D eigenvalue weighted by Gasteiger charge is -2.14. The summed E-state index contributed by atoms with van der Waals surface area (Å²) in [6.45, 7) is 1.76. The molecule has 0 saturated carbocycles. The highest BCUT2D eigenvalue weighted by molar-refractivity contribution is 9.10. The first-order valence-corrected chi connectivity index (χ1v) is 8.92. The lowest BCUT2D eigenvalue weighted by Crippen LogP contribution is -2.34. The Morgan fingerprint density at radius 3 is 2.19 bits per heavy atom. The van der Waals surface area contributed by atoms with Crippen molar-refractivity contribution in [3.8, 4) is 17.2 Å². The first-order chi connectivity index (χ1) is 13.0. The van der Waals surface area contributed by atoms with Gasteiger partial charge in [0.05, 0.1) is 27.5 Å². The number of hydrogen-bond donors (Lipinski definition) is 2. The van der Waals surface area contributed by atoms with Crippen molar-refractivity contribution in [2.24, 2.45) is 5.10 Å². The van der Waals surface area contributed by atoms with Gasteiger partial charge < -0.3 is 19.5 Å². The Kier molecular flexibility index (Phi) is 7.48. The molecule has 0 radical (unpaired) electrons. The summed E-state index contributed by atoms with van der Waals surface area (Å²) in [5.41, 5.74) is 4.05. The minimum Gasteiger partial charge on any atom is -0.493 e. The minimum atomic E-state index is -0.455. The fourth-order valence-electron chi connectivity index (χ4n) is 2.30. The highest BCUT2D eigenvalue weighted by atomic mass is 79.9. The molecule has 0 spiro atoms. The third kappa shape index (κ3) is 5.62. The number of anilines is 1. The number of nitrogens with one attached hydrogen (secondary N) is 2. The molecule has 0 saturated heterocycles. The van der Waals surface area contributed by atoms with Crippen molar-refractivity contribution in [1.29, 1.82) is 0 Å². The predicted molar refractivity (Wildman–Crippen MR) is 109 cm³/mol. The van der Waals surface area contributed by atoms with Gasteiger partial charge in [0.2, 0.25) is 5.75 Å². The summed E-state index contributed by atoms with van der Waals surface area (Å²) in [7, 11) is 4.61. The third-order valence-corrected chi connectivity index (χ3v) is 4.22. The molecule has 0 aliphatic heterocycles. The van der Waals surface area contributed by atoms with E-state index in [1.807, 2.05) is 24.3 Å². The number of hydrogen-bond acceptors (Lipinski definition) is 6. The molecule has 0 aliphatic rings. The van der Waals surface area contributed by atoms with Gasteiger partial charge in [0.25, 0.3) is 5.91 Å². The van der Waals surface area contributed by atoms with Crippen molar-refractivity contribution < 1.29 is 19.0 Å². The number of halogens is 1. The quantitative estimate of drug-likeness (QED) is 0.490. The summed E-state index contributed by atoms with van der Waals surface area (Å²) in [6, 6.07) is 10.6. The van der Waals surface area contributed by atoms with Gasteiger partial charge in [-0.3, -0.25) is 4.79 Å². The molecule has 2 aromatic carbocycles. The molecular weight excluding hydrogens is 414 g/mol. The van der Waals surface area contributed by atoms with Crippen LogP contribution in [0.25, 0.3) is 0 Å². The number of carbonyl (C=O) groups excluding carboxylic acids is 1. The fraction of sp³-hybridized carbons (Fsp3) is 0.263. The zero-order chi connectivity index (χ0) is 19.8. The van der Waals surface area contributed by atoms with Crippen LogP contribution in [0.5, 0.6) is 17.2 Å². The average Bonchev–Trinajstić information content (AvgIpc) is 2.68. The maximum atomic E-state index is 12.2. The highest BCUT2D eigenvalue weighted by Gasteiger charge is 2.13. The number of methoxy groups -OCH3 is 3. The molecule has 0 fully saturated rings. The fourth-order valence-corrected chi connectivity index (χ4v) is 2.57. The van der Waals surface area contributed by atoms with Crippen LogP contribution in [0.2, 0.25) is 0 Å². The van der Waals surface area contributed by atoms with Crippen molar-refractivity contribution >= 4 is 33.7 Å². The molecule has 27 heavy (non-hydrogen) atoms. The van der Waals surface area contributed by atoms with Gasteiger partial charge in [-0.25, -0.2) is 5.43 Å². The molecule has 8 heteroatoms. The summed E-state index contributed by atoms with van der Waals surface area (Å²) in [5.74, 6) is 1.25. The number of benzene rings is 2. The maximum Gasteiger partial charge on any atom is 0.262 e. The highest BCUT2D eigenvalue weighted by Crippen LogP contribution is 2.37. The first-order valence-electron chi connectivity index (χ1n) is 8.13. The van der Waals surface area contributed by atoms with E-state index < -0.39 is 6.04 Å². The second kappa shape index (κ2) is 9.82. The van der Waals surface area contributed by atoms with Gasteiger partial charge in [-0.15, -0.1) is 0 Å². The minimum absolute atomic E-state index is 0.262. The summed E-state index contributed by atoms with van der Waals surface area (Å²) < 4.78 is 16.8. The van der Waals surface area contributed by atoms with E-state index in [1.165, 1.54) is 27.5 Å². The number of carbonyl (C=O) groups is 1. The molecule has 0 heterocycles. The van der Waals surface area contributed by atoms with E-state index in [9.17, 15) is 4.79 Å². The van der Waals surface area contributed by atoms with Crippen molar-refractivity contribution in [2.45, 2.75) is 13.0 Å². The third-order valence-electron chi connectivity index (χ3n) is 3.70. The Hall–Kier alpha value is -2.74.